The van der Waals surface area contributed by atoms with E-state index in [1.807, 2.05) is 65.3 Å². The first kappa shape index (κ1) is 23.5. The highest BCUT2D eigenvalue weighted by Crippen LogP contribution is 2.40. The van der Waals surface area contributed by atoms with Crippen LogP contribution in [0.3, 0.4) is 0 Å². The van der Waals surface area contributed by atoms with Gasteiger partial charge in [-0.3, -0.25) is 9.20 Å². The molecule has 10 heteroatoms. The molecule has 5 aromatic rings. The average Bonchev–Trinajstić information content (AvgIpc) is 3.34. The number of hydrogen-bond acceptors (Lipinski definition) is 8. The number of fused-ring (bicyclic) bond motifs is 2. The van der Waals surface area contributed by atoms with Gasteiger partial charge >= 0.3 is 12.1 Å². The molecule has 1 saturated carbocycles. The second-order valence-corrected chi connectivity index (χ2v) is 9.47. The Morgan fingerprint density at radius 3 is 2.50 bits per heavy atom. The van der Waals surface area contributed by atoms with Crippen LogP contribution in [0.4, 0.5) is 10.6 Å². The van der Waals surface area contributed by atoms with E-state index in [0.717, 1.165) is 39.1 Å². The first-order valence-corrected chi connectivity index (χ1v) is 12.4. The fourth-order valence-corrected chi connectivity index (χ4v) is 5.25. The molecule has 0 spiro atoms. The summed E-state index contributed by atoms with van der Waals surface area (Å²) in [5.74, 6) is 0.938. The number of amides is 1. The lowest BCUT2D eigenvalue weighted by molar-refractivity contribution is -0.142. The quantitative estimate of drug-likeness (QED) is 0.267. The summed E-state index contributed by atoms with van der Waals surface area (Å²) in [6.45, 7) is 0. The van der Waals surface area contributed by atoms with Gasteiger partial charge in [0.25, 0.3) is 0 Å². The Labute approximate surface area is 217 Å². The number of imidazole rings is 1. The Morgan fingerprint density at radius 1 is 0.947 bits per heavy atom. The summed E-state index contributed by atoms with van der Waals surface area (Å²) in [5, 5.41) is 0.928. The molecule has 0 unspecified atom stereocenters. The number of nitrogens with zero attached hydrogens (tertiary/aromatic N) is 5. The van der Waals surface area contributed by atoms with Gasteiger partial charge in [0, 0.05) is 41.0 Å². The maximum atomic E-state index is 12.1. The largest absolute Gasteiger partial charge is 0.412 e. The van der Waals surface area contributed by atoms with Crippen molar-refractivity contribution in [3.8, 4) is 22.8 Å². The minimum absolute atomic E-state index is 0.0790. The number of rotatable bonds is 4. The van der Waals surface area contributed by atoms with Gasteiger partial charge in [0.1, 0.15) is 17.2 Å². The number of primary amides is 1. The van der Waals surface area contributed by atoms with Gasteiger partial charge in [0.05, 0.1) is 17.1 Å². The van der Waals surface area contributed by atoms with E-state index in [-0.39, 0.29) is 11.8 Å². The van der Waals surface area contributed by atoms with Crippen molar-refractivity contribution >= 4 is 34.3 Å². The molecule has 2 aromatic carbocycles. The van der Waals surface area contributed by atoms with Crippen LogP contribution in [0.5, 0.6) is 0 Å². The summed E-state index contributed by atoms with van der Waals surface area (Å²) in [5.41, 5.74) is 15.6. The van der Waals surface area contributed by atoms with E-state index < -0.39 is 12.1 Å². The standard InChI is InChI=1S/C28H25N7O3/c29-24-23-22(16-6-8-18(9-7-16)27(36)38-28(30)37)34-26(35(23)13-12-31-24)19-10-11-20-15-32-25(33-21(20)14-19)17-4-2-1-3-5-17/h1-5,10-16,18H,6-9H2,(H2,29,31)(H2,30,37). The van der Waals surface area contributed by atoms with Crippen molar-refractivity contribution in [2.24, 2.45) is 11.7 Å². The van der Waals surface area contributed by atoms with E-state index in [1.54, 1.807) is 6.20 Å². The number of aromatic nitrogens is 5. The summed E-state index contributed by atoms with van der Waals surface area (Å²) >= 11 is 0. The molecular formula is C28H25N7O3. The Morgan fingerprint density at radius 2 is 1.74 bits per heavy atom. The minimum Gasteiger partial charge on any atom is -0.382 e. The van der Waals surface area contributed by atoms with Crippen molar-refractivity contribution in [3.05, 3.63) is 72.8 Å². The fourth-order valence-electron chi connectivity index (χ4n) is 5.25. The zero-order valence-corrected chi connectivity index (χ0v) is 20.4. The number of esters is 1. The van der Waals surface area contributed by atoms with Gasteiger partial charge in [-0.05, 0) is 31.7 Å². The van der Waals surface area contributed by atoms with Crippen molar-refractivity contribution in [1.82, 2.24) is 24.3 Å². The number of hydrogen-bond donors (Lipinski definition) is 2. The SMILES string of the molecule is NC(=O)OC(=O)C1CCC(c2nc(-c3ccc4cnc(-c5ccccc5)nc4c3)n3ccnc(N)c23)CC1. The molecule has 190 valence electrons. The monoisotopic (exact) mass is 507 g/mol. The predicted octanol–water partition coefficient (Wildman–Crippen LogP) is 4.48. The summed E-state index contributed by atoms with van der Waals surface area (Å²) in [6, 6.07) is 15.8. The molecule has 3 aromatic heterocycles. The van der Waals surface area contributed by atoms with E-state index >= 15 is 0 Å². The van der Waals surface area contributed by atoms with E-state index in [4.69, 9.17) is 21.4 Å². The number of carbonyl (C=O) groups excluding carboxylic acids is 2. The molecular weight excluding hydrogens is 482 g/mol. The molecule has 0 radical (unpaired) electrons. The smallest absolute Gasteiger partial charge is 0.382 e. The number of carbonyl (C=O) groups is 2. The van der Waals surface area contributed by atoms with Crippen LogP contribution < -0.4 is 11.5 Å². The van der Waals surface area contributed by atoms with Gasteiger partial charge in [0.2, 0.25) is 0 Å². The first-order chi connectivity index (χ1) is 18.5. The zero-order chi connectivity index (χ0) is 26.2. The first-order valence-electron chi connectivity index (χ1n) is 12.4. The lowest BCUT2D eigenvalue weighted by Gasteiger charge is -2.26. The van der Waals surface area contributed by atoms with Crippen LogP contribution in [0.2, 0.25) is 0 Å². The third-order valence-electron chi connectivity index (χ3n) is 7.13. The fraction of sp³-hybridized carbons (Fsp3) is 0.214. The van der Waals surface area contributed by atoms with Crippen LogP contribution in [-0.4, -0.2) is 36.4 Å². The average molecular weight is 508 g/mol. The molecule has 1 fully saturated rings. The molecule has 1 amide bonds. The summed E-state index contributed by atoms with van der Waals surface area (Å²) in [7, 11) is 0. The number of anilines is 1. The van der Waals surface area contributed by atoms with Crippen LogP contribution >= 0.6 is 0 Å². The van der Waals surface area contributed by atoms with E-state index in [9.17, 15) is 9.59 Å². The van der Waals surface area contributed by atoms with Crippen molar-refractivity contribution < 1.29 is 14.3 Å². The molecule has 0 bridgehead atoms. The van der Waals surface area contributed by atoms with E-state index in [0.29, 0.717) is 37.3 Å². The lowest BCUT2D eigenvalue weighted by atomic mass is 9.80. The molecule has 10 nitrogen and oxygen atoms in total. The molecule has 4 N–H and O–H groups in total. The molecule has 0 atom stereocenters. The Hall–Kier alpha value is -4.86. The Balaban J connectivity index is 1.37. The third kappa shape index (κ3) is 4.30. The maximum absolute atomic E-state index is 12.1. The summed E-state index contributed by atoms with van der Waals surface area (Å²) < 4.78 is 6.56. The van der Waals surface area contributed by atoms with Crippen molar-refractivity contribution in [3.63, 3.8) is 0 Å². The van der Waals surface area contributed by atoms with Gasteiger partial charge in [-0.25, -0.2) is 24.7 Å². The van der Waals surface area contributed by atoms with Crippen LogP contribution in [-0.2, 0) is 9.53 Å². The van der Waals surface area contributed by atoms with E-state index in [1.165, 1.54) is 0 Å². The zero-order valence-electron chi connectivity index (χ0n) is 20.4. The molecule has 6 rings (SSSR count). The van der Waals surface area contributed by atoms with Crippen LogP contribution in [0.1, 0.15) is 37.3 Å². The minimum atomic E-state index is -1.07. The second-order valence-electron chi connectivity index (χ2n) is 9.47. The van der Waals surface area contributed by atoms with Gasteiger partial charge in [-0.1, -0.05) is 42.5 Å². The highest BCUT2D eigenvalue weighted by molar-refractivity contribution is 5.86. The van der Waals surface area contributed by atoms with Crippen molar-refractivity contribution in [2.75, 3.05) is 5.73 Å². The topological polar surface area (TPSA) is 151 Å². The van der Waals surface area contributed by atoms with Crippen LogP contribution in [0.15, 0.2) is 67.1 Å². The molecule has 38 heavy (non-hydrogen) atoms. The summed E-state index contributed by atoms with van der Waals surface area (Å²) in [4.78, 5) is 41.8. The molecule has 3 heterocycles. The number of benzene rings is 2. The number of nitrogen functional groups attached to an aromatic ring is 1. The predicted molar refractivity (Wildman–Crippen MR) is 142 cm³/mol. The number of nitrogens with two attached hydrogens (primary N) is 2. The van der Waals surface area contributed by atoms with Crippen molar-refractivity contribution in [2.45, 2.75) is 31.6 Å². The van der Waals surface area contributed by atoms with Crippen LogP contribution in [0, 0.1) is 5.92 Å². The van der Waals surface area contributed by atoms with Gasteiger partial charge in [-0.2, -0.15) is 0 Å². The molecule has 1 aliphatic rings. The second kappa shape index (κ2) is 9.55. The van der Waals surface area contributed by atoms with Gasteiger partial charge in [0.15, 0.2) is 5.82 Å². The van der Waals surface area contributed by atoms with Crippen LogP contribution in [0.25, 0.3) is 39.2 Å². The maximum Gasteiger partial charge on any atom is 0.412 e. The summed E-state index contributed by atoms with van der Waals surface area (Å²) in [6.07, 6.45) is 6.80. The number of ether oxygens (including phenoxy) is 1. The normalized spacial score (nSPS) is 17.5. The Kier molecular flexibility index (Phi) is 5.91. The van der Waals surface area contributed by atoms with Crippen molar-refractivity contribution in [1.29, 1.82) is 0 Å². The molecule has 0 saturated heterocycles. The van der Waals surface area contributed by atoms with Gasteiger partial charge < -0.3 is 16.2 Å². The Bertz CT molecular complexity index is 1670. The van der Waals surface area contributed by atoms with Gasteiger partial charge in [-0.15, -0.1) is 0 Å². The lowest BCUT2D eigenvalue weighted by Crippen LogP contribution is -2.27. The highest BCUT2D eigenvalue weighted by Gasteiger charge is 2.32. The molecule has 1 aliphatic carbocycles. The highest BCUT2D eigenvalue weighted by atomic mass is 16.6. The third-order valence-corrected chi connectivity index (χ3v) is 7.13. The molecule has 0 aliphatic heterocycles. The van der Waals surface area contributed by atoms with E-state index in [2.05, 4.69) is 14.7 Å².